The molecule has 3 nitrogen and oxygen atoms in total. The summed E-state index contributed by atoms with van der Waals surface area (Å²) in [6.07, 6.45) is 2.51. The monoisotopic (exact) mass is 295 g/mol. The molecule has 4 rings (SSSR count). The van der Waals surface area contributed by atoms with Gasteiger partial charge in [-0.25, -0.2) is 4.98 Å². The fourth-order valence-corrected chi connectivity index (χ4v) is 3.62. The highest BCUT2D eigenvalue weighted by molar-refractivity contribution is 7.22. The normalized spacial score (nSPS) is 14.5. The maximum Gasteiger partial charge on any atom is 0.186 e. The van der Waals surface area contributed by atoms with Crippen molar-refractivity contribution in [3.05, 3.63) is 54.1 Å². The van der Waals surface area contributed by atoms with Crippen LogP contribution in [-0.2, 0) is 6.54 Å². The van der Waals surface area contributed by atoms with Gasteiger partial charge in [0.2, 0.25) is 0 Å². The third kappa shape index (κ3) is 2.47. The number of nitrogen functional groups attached to an aromatic ring is 1. The van der Waals surface area contributed by atoms with Crippen LogP contribution in [0.4, 0.5) is 10.8 Å². The second-order valence-electron chi connectivity index (χ2n) is 5.52. The Morgan fingerprint density at radius 1 is 1.10 bits per heavy atom. The van der Waals surface area contributed by atoms with E-state index in [1.807, 2.05) is 18.2 Å². The van der Waals surface area contributed by atoms with Gasteiger partial charge in [0.25, 0.3) is 0 Å². The van der Waals surface area contributed by atoms with Crippen molar-refractivity contribution in [3.8, 4) is 0 Å². The molecule has 1 aliphatic carbocycles. The Morgan fingerprint density at radius 2 is 1.86 bits per heavy atom. The van der Waals surface area contributed by atoms with Crippen LogP contribution in [0.2, 0.25) is 0 Å². The third-order valence-corrected chi connectivity index (χ3v) is 4.99. The van der Waals surface area contributed by atoms with E-state index in [1.165, 1.54) is 23.1 Å². The minimum absolute atomic E-state index is 0.616. The van der Waals surface area contributed by atoms with Crippen molar-refractivity contribution >= 4 is 32.4 Å². The Labute approximate surface area is 128 Å². The first-order chi connectivity index (χ1) is 10.3. The van der Waals surface area contributed by atoms with Crippen LogP contribution in [0.5, 0.6) is 0 Å². The van der Waals surface area contributed by atoms with Crippen molar-refractivity contribution in [2.24, 2.45) is 0 Å². The summed E-state index contributed by atoms with van der Waals surface area (Å²) < 4.78 is 1.25. The standard InChI is InChI=1S/C17H17N3S/c18-14-6-2-1-5-12(14)11-20(13-9-10-13)17-19-15-7-3-4-8-16(15)21-17/h1-8,13H,9-11,18H2. The molecule has 0 spiro atoms. The minimum Gasteiger partial charge on any atom is -0.398 e. The van der Waals surface area contributed by atoms with Crippen molar-refractivity contribution in [2.45, 2.75) is 25.4 Å². The molecule has 1 heterocycles. The number of nitrogens with zero attached hydrogens (tertiary/aromatic N) is 2. The number of hydrogen-bond acceptors (Lipinski definition) is 4. The maximum absolute atomic E-state index is 6.10. The van der Waals surface area contributed by atoms with Crippen molar-refractivity contribution in [1.29, 1.82) is 0 Å². The zero-order chi connectivity index (χ0) is 14.2. The number of hydrogen-bond donors (Lipinski definition) is 1. The van der Waals surface area contributed by atoms with E-state index in [2.05, 4.69) is 35.2 Å². The zero-order valence-electron chi connectivity index (χ0n) is 11.7. The van der Waals surface area contributed by atoms with Crippen LogP contribution >= 0.6 is 11.3 Å². The average Bonchev–Trinajstić information content (AvgIpc) is 3.24. The molecule has 3 aromatic rings. The average molecular weight is 295 g/mol. The van der Waals surface area contributed by atoms with Gasteiger partial charge in [0.15, 0.2) is 5.13 Å². The Balaban J connectivity index is 1.70. The van der Waals surface area contributed by atoms with Crippen molar-refractivity contribution < 1.29 is 0 Å². The lowest BCUT2D eigenvalue weighted by molar-refractivity contribution is 0.792. The predicted molar refractivity (Wildman–Crippen MR) is 89.7 cm³/mol. The Bertz CT molecular complexity index is 743. The molecule has 0 radical (unpaired) electrons. The molecule has 2 N–H and O–H groups in total. The van der Waals surface area contributed by atoms with Gasteiger partial charge < -0.3 is 10.6 Å². The second-order valence-corrected chi connectivity index (χ2v) is 6.53. The molecule has 0 aliphatic heterocycles. The molecular weight excluding hydrogens is 278 g/mol. The molecule has 1 saturated carbocycles. The molecule has 0 atom stereocenters. The second kappa shape index (κ2) is 5.04. The lowest BCUT2D eigenvalue weighted by Gasteiger charge is -2.22. The minimum atomic E-state index is 0.616. The van der Waals surface area contributed by atoms with Crippen molar-refractivity contribution in [3.63, 3.8) is 0 Å². The number of fused-ring (bicyclic) bond motifs is 1. The van der Waals surface area contributed by atoms with E-state index in [1.54, 1.807) is 11.3 Å². The molecule has 0 bridgehead atoms. The van der Waals surface area contributed by atoms with Crippen LogP contribution in [-0.4, -0.2) is 11.0 Å². The number of aromatic nitrogens is 1. The molecule has 0 amide bonds. The molecule has 4 heteroatoms. The molecule has 1 aliphatic rings. The molecule has 1 fully saturated rings. The molecule has 0 saturated heterocycles. The lowest BCUT2D eigenvalue weighted by atomic mass is 10.1. The fourth-order valence-electron chi connectivity index (χ4n) is 2.58. The summed E-state index contributed by atoms with van der Waals surface area (Å²) in [4.78, 5) is 7.22. The topological polar surface area (TPSA) is 42.1 Å². The molecular formula is C17H17N3S. The van der Waals surface area contributed by atoms with Gasteiger partial charge in [-0.3, -0.25) is 0 Å². The van der Waals surface area contributed by atoms with E-state index in [4.69, 9.17) is 10.7 Å². The van der Waals surface area contributed by atoms with Gasteiger partial charge >= 0.3 is 0 Å². The highest BCUT2D eigenvalue weighted by atomic mass is 32.1. The smallest absolute Gasteiger partial charge is 0.186 e. The van der Waals surface area contributed by atoms with Crippen molar-refractivity contribution in [2.75, 3.05) is 10.6 Å². The molecule has 0 unspecified atom stereocenters. The first-order valence-corrected chi connectivity index (χ1v) is 8.08. The quantitative estimate of drug-likeness (QED) is 0.738. The van der Waals surface area contributed by atoms with Crippen LogP contribution in [0.3, 0.4) is 0 Å². The summed E-state index contributed by atoms with van der Waals surface area (Å²) in [5, 5.41) is 1.11. The highest BCUT2D eigenvalue weighted by Gasteiger charge is 2.31. The van der Waals surface area contributed by atoms with E-state index in [9.17, 15) is 0 Å². The summed E-state index contributed by atoms with van der Waals surface area (Å²) in [6, 6.07) is 17.1. The molecule has 21 heavy (non-hydrogen) atoms. The number of nitrogens with two attached hydrogens (primary N) is 1. The summed E-state index contributed by atoms with van der Waals surface area (Å²) in [7, 11) is 0. The van der Waals surface area contributed by atoms with E-state index in [0.717, 1.165) is 22.9 Å². The van der Waals surface area contributed by atoms with Gasteiger partial charge in [0.1, 0.15) is 0 Å². The van der Waals surface area contributed by atoms with Crippen LogP contribution < -0.4 is 10.6 Å². The number of thiazole rings is 1. The van der Waals surface area contributed by atoms with Crippen LogP contribution in [0.15, 0.2) is 48.5 Å². The molecule has 106 valence electrons. The van der Waals surface area contributed by atoms with Crippen molar-refractivity contribution in [1.82, 2.24) is 4.98 Å². The number of para-hydroxylation sites is 2. The molecule has 2 aromatic carbocycles. The van der Waals surface area contributed by atoms with Gasteiger partial charge in [-0.05, 0) is 36.6 Å². The van der Waals surface area contributed by atoms with Crippen LogP contribution in [0.25, 0.3) is 10.2 Å². The highest BCUT2D eigenvalue weighted by Crippen LogP contribution is 2.37. The first kappa shape index (κ1) is 12.7. The first-order valence-electron chi connectivity index (χ1n) is 7.27. The SMILES string of the molecule is Nc1ccccc1CN(c1nc2ccccc2s1)C1CC1. The number of anilines is 2. The van der Waals surface area contributed by atoms with Gasteiger partial charge in [-0.2, -0.15) is 0 Å². The molecule has 1 aromatic heterocycles. The van der Waals surface area contributed by atoms with E-state index >= 15 is 0 Å². The Hall–Kier alpha value is -2.07. The Morgan fingerprint density at radius 3 is 2.62 bits per heavy atom. The summed E-state index contributed by atoms with van der Waals surface area (Å²) in [6.45, 7) is 0.844. The number of benzene rings is 2. The van der Waals surface area contributed by atoms with Gasteiger partial charge in [-0.1, -0.05) is 41.7 Å². The van der Waals surface area contributed by atoms with E-state index in [0.29, 0.717) is 6.04 Å². The summed E-state index contributed by atoms with van der Waals surface area (Å²) in [5.74, 6) is 0. The lowest BCUT2D eigenvalue weighted by Crippen LogP contribution is -2.25. The predicted octanol–water partition coefficient (Wildman–Crippen LogP) is 4.05. The Kier molecular flexibility index (Phi) is 3.04. The summed E-state index contributed by atoms with van der Waals surface area (Å²) in [5.41, 5.74) is 9.24. The van der Waals surface area contributed by atoms with Gasteiger partial charge in [-0.15, -0.1) is 0 Å². The van der Waals surface area contributed by atoms with Gasteiger partial charge in [0.05, 0.1) is 10.2 Å². The number of rotatable bonds is 4. The largest absolute Gasteiger partial charge is 0.398 e. The third-order valence-electron chi connectivity index (χ3n) is 3.91. The van der Waals surface area contributed by atoms with E-state index < -0.39 is 0 Å². The van der Waals surface area contributed by atoms with Gasteiger partial charge in [0, 0.05) is 18.3 Å². The van der Waals surface area contributed by atoms with E-state index in [-0.39, 0.29) is 0 Å². The zero-order valence-corrected chi connectivity index (χ0v) is 12.5. The maximum atomic E-state index is 6.10. The summed E-state index contributed by atoms with van der Waals surface area (Å²) >= 11 is 1.77. The van der Waals surface area contributed by atoms with Crippen LogP contribution in [0.1, 0.15) is 18.4 Å². The fraction of sp³-hybridized carbons (Fsp3) is 0.235. The van der Waals surface area contributed by atoms with Crippen LogP contribution in [0, 0.1) is 0 Å².